The van der Waals surface area contributed by atoms with E-state index in [9.17, 15) is 23.2 Å². The number of hydrogen-bond acceptors (Lipinski definition) is 4. The molecule has 2 N–H and O–H groups in total. The summed E-state index contributed by atoms with van der Waals surface area (Å²) in [5, 5.41) is 2.23. The van der Waals surface area contributed by atoms with Crippen molar-refractivity contribution in [2.24, 2.45) is 0 Å². The van der Waals surface area contributed by atoms with Gasteiger partial charge in [0, 0.05) is 18.7 Å². The molecule has 1 amide bonds. The quantitative estimate of drug-likeness (QED) is 0.641. The van der Waals surface area contributed by atoms with Gasteiger partial charge < -0.3 is 15.0 Å². The Morgan fingerprint density at radius 2 is 1.92 bits per heavy atom. The minimum Gasteiger partial charge on any atom is -0.465 e. The Balaban J connectivity index is 2.31. The summed E-state index contributed by atoms with van der Waals surface area (Å²) in [6.07, 6.45) is -0.353. The maximum absolute atomic E-state index is 13.6. The van der Waals surface area contributed by atoms with Crippen molar-refractivity contribution in [3.05, 3.63) is 52.3 Å². The van der Waals surface area contributed by atoms with Gasteiger partial charge in [-0.1, -0.05) is 0 Å². The standard InChI is InChI=1S/C17H16F2N2O4/c1-8-15(17(24)25-3)13(21-16(8)9(2)22)7-14(23)20-12-6-10(18)4-5-11(12)19/h4-6,21H,7H2,1-3H3,(H,20,23). The van der Waals surface area contributed by atoms with Crippen LogP contribution in [-0.4, -0.2) is 29.8 Å². The molecule has 0 saturated carbocycles. The molecule has 2 aromatic rings. The molecule has 0 unspecified atom stereocenters. The molecule has 1 aromatic heterocycles. The van der Waals surface area contributed by atoms with Crippen molar-refractivity contribution < 1.29 is 27.9 Å². The van der Waals surface area contributed by atoms with E-state index < -0.39 is 23.5 Å². The number of nitrogens with one attached hydrogen (secondary N) is 2. The first-order valence-electron chi connectivity index (χ1n) is 7.30. The first-order valence-corrected chi connectivity index (χ1v) is 7.30. The number of carbonyl (C=O) groups excluding carboxylic acids is 3. The van der Waals surface area contributed by atoms with Crippen molar-refractivity contribution in [2.75, 3.05) is 12.4 Å². The van der Waals surface area contributed by atoms with Gasteiger partial charge in [-0.05, 0) is 24.6 Å². The van der Waals surface area contributed by atoms with Gasteiger partial charge in [-0.2, -0.15) is 0 Å². The maximum atomic E-state index is 13.6. The Morgan fingerprint density at radius 1 is 1.24 bits per heavy atom. The molecular formula is C17H16F2N2O4. The summed E-state index contributed by atoms with van der Waals surface area (Å²) in [6, 6.07) is 2.65. The van der Waals surface area contributed by atoms with E-state index in [2.05, 4.69) is 15.0 Å². The highest BCUT2D eigenvalue weighted by Gasteiger charge is 2.24. The van der Waals surface area contributed by atoms with Crippen LogP contribution in [0.5, 0.6) is 0 Å². The number of hydrogen-bond donors (Lipinski definition) is 2. The number of Topliss-reactive ketones (excluding diaryl/α,β-unsaturated/α-hetero) is 1. The van der Waals surface area contributed by atoms with E-state index in [1.54, 1.807) is 6.92 Å². The highest BCUT2D eigenvalue weighted by atomic mass is 19.1. The number of halogens is 2. The molecule has 0 aliphatic heterocycles. The van der Waals surface area contributed by atoms with E-state index in [-0.39, 0.29) is 34.8 Å². The van der Waals surface area contributed by atoms with Crippen LogP contribution in [0, 0.1) is 18.6 Å². The second-order valence-electron chi connectivity index (χ2n) is 5.38. The van der Waals surface area contributed by atoms with Crippen molar-refractivity contribution in [3.63, 3.8) is 0 Å². The van der Waals surface area contributed by atoms with E-state index in [1.165, 1.54) is 14.0 Å². The Labute approximate surface area is 142 Å². The van der Waals surface area contributed by atoms with Crippen LogP contribution in [0.4, 0.5) is 14.5 Å². The Morgan fingerprint density at radius 3 is 2.52 bits per heavy atom. The van der Waals surface area contributed by atoms with Crippen molar-refractivity contribution in [1.82, 2.24) is 4.98 Å². The lowest BCUT2D eigenvalue weighted by Gasteiger charge is -2.07. The van der Waals surface area contributed by atoms with Crippen LogP contribution in [0.25, 0.3) is 0 Å². The second kappa shape index (κ2) is 7.25. The molecule has 0 atom stereocenters. The first-order chi connectivity index (χ1) is 11.7. The van der Waals surface area contributed by atoms with Gasteiger partial charge in [-0.15, -0.1) is 0 Å². The van der Waals surface area contributed by atoms with Crippen molar-refractivity contribution in [1.29, 1.82) is 0 Å². The predicted molar refractivity (Wildman–Crippen MR) is 85.6 cm³/mol. The summed E-state index contributed by atoms with van der Waals surface area (Å²) in [7, 11) is 1.17. The minimum absolute atomic E-state index is 0.0718. The fourth-order valence-corrected chi connectivity index (χ4v) is 2.47. The number of carbonyl (C=O) groups is 3. The highest BCUT2D eigenvalue weighted by molar-refractivity contribution is 6.02. The number of anilines is 1. The van der Waals surface area contributed by atoms with E-state index in [4.69, 9.17) is 0 Å². The average Bonchev–Trinajstić information content (AvgIpc) is 2.86. The zero-order valence-electron chi connectivity index (χ0n) is 13.8. The lowest BCUT2D eigenvalue weighted by Crippen LogP contribution is -2.18. The van der Waals surface area contributed by atoms with Crippen LogP contribution < -0.4 is 5.32 Å². The fourth-order valence-electron chi connectivity index (χ4n) is 2.47. The number of esters is 1. The topological polar surface area (TPSA) is 88.3 Å². The summed E-state index contributed by atoms with van der Waals surface area (Å²) in [5.41, 5.74) is 0.449. The molecule has 132 valence electrons. The summed E-state index contributed by atoms with van der Waals surface area (Å²) >= 11 is 0. The van der Waals surface area contributed by atoms with Gasteiger partial charge in [0.1, 0.15) is 11.6 Å². The first kappa shape index (κ1) is 18.3. The molecule has 1 aromatic carbocycles. The molecule has 6 nitrogen and oxygen atoms in total. The third-order valence-corrected chi connectivity index (χ3v) is 3.61. The molecule has 0 bridgehead atoms. The van der Waals surface area contributed by atoms with Crippen LogP contribution in [0.15, 0.2) is 18.2 Å². The lowest BCUT2D eigenvalue weighted by molar-refractivity contribution is -0.115. The second-order valence-corrected chi connectivity index (χ2v) is 5.38. The number of aromatic nitrogens is 1. The fraction of sp³-hybridized carbons (Fsp3) is 0.235. The maximum Gasteiger partial charge on any atom is 0.339 e. The van der Waals surface area contributed by atoms with Crippen LogP contribution in [0.2, 0.25) is 0 Å². The van der Waals surface area contributed by atoms with Crippen molar-refractivity contribution in [3.8, 4) is 0 Å². The van der Waals surface area contributed by atoms with Crippen molar-refractivity contribution in [2.45, 2.75) is 20.3 Å². The largest absolute Gasteiger partial charge is 0.465 e. The molecular weight excluding hydrogens is 334 g/mol. The molecule has 0 aliphatic rings. The predicted octanol–water partition coefficient (Wildman–Crippen LogP) is 2.77. The lowest BCUT2D eigenvalue weighted by atomic mass is 10.1. The van der Waals surface area contributed by atoms with Gasteiger partial charge in [-0.25, -0.2) is 13.6 Å². The molecule has 0 fully saturated rings. The van der Waals surface area contributed by atoms with Crippen LogP contribution in [0.3, 0.4) is 0 Å². The monoisotopic (exact) mass is 350 g/mol. The molecule has 2 rings (SSSR count). The molecule has 0 radical (unpaired) electrons. The summed E-state index contributed by atoms with van der Waals surface area (Å²) in [6.45, 7) is 2.86. The minimum atomic E-state index is -0.796. The number of rotatable bonds is 5. The summed E-state index contributed by atoms with van der Waals surface area (Å²) in [4.78, 5) is 38.4. The molecule has 0 spiro atoms. The van der Waals surface area contributed by atoms with Gasteiger partial charge in [0.15, 0.2) is 5.78 Å². The van der Waals surface area contributed by atoms with E-state index in [0.29, 0.717) is 5.56 Å². The number of aromatic amines is 1. The zero-order chi connectivity index (χ0) is 18.7. The smallest absolute Gasteiger partial charge is 0.339 e. The number of ether oxygens (including phenoxy) is 1. The number of ketones is 1. The average molecular weight is 350 g/mol. The van der Waals surface area contributed by atoms with Crippen LogP contribution in [0.1, 0.15) is 39.0 Å². The third kappa shape index (κ3) is 3.90. The van der Waals surface area contributed by atoms with Gasteiger partial charge in [0.05, 0.1) is 30.5 Å². The number of benzene rings is 1. The number of methoxy groups -OCH3 is 1. The summed E-state index contributed by atoms with van der Waals surface area (Å²) < 4.78 is 31.4. The Hall–Kier alpha value is -3.03. The number of H-pyrrole nitrogens is 1. The SMILES string of the molecule is COC(=O)c1c(CC(=O)Nc2cc(F)ccc2F)[nH]c(C(C)=O)c1C. The third-order valence-electron chi connectivity index (χ3n) is 3.61. The van der Waals surface area contributed by atoms with Crippen molar-refractivity contribution >= 4 is 23.3 Å². The molecule has 8 heteroatoms. The summed E-state index contributed by atoms with van der Waals surface area (Å²) in [5.74, 6) is -3.21. The Kier molecular flexibility index (Phi) is 5.31. The van der Waals surface area contributed by atoms with E-state index in [0.717, 1.165) is 18.2 Å². The molecule has 25 heavy (non-hydrogen) atoms. The highest BCUT2D eigenvalue weighted by Crippen LogP contribution is 2.22. The van der Waals surface area contributed by atoms with Crippen LogP contribution >= 0.6 is 0 Å². The molecule has 0 saturated heterocycles. The molecule has 1 heterocycles. The molecule has 0 aliphatic carbocycles. The van der Waals surface area contributed by atoms with Gasteiger partial charge in [0.25, 0.3) is 0 Å². The van der Waals surface area contributed by atoms with E-state index >= 15 is 0 Å². The van der Waals surface area contributed by atoms with Gasteiger partial charge >= 0.3 is 5.97 Å². The van der Waals surface area contributed by atoms with Gasteiger partial charge in [0.2, 0.25) is 5.91 Å². The van der Waals surface area contributed by atoms with Gasteiger partial charge in [-0.3, -0.25) is 9.59 Å². The van der Waals surface area contributed by atoms with Crippen LogP contribution in [-0.2, 0) is 16.0 Å². The number of amides is 1. The Bertz CT molecular complexity index is 859. The zero-order valence-corrected chi connectivity index (χ0v) is 13.8. The normalized spacial score (nSPS) is 10.4. The van der Waals surface area contributed by atoms with E-state index in [1.807, 2.05) is 0 Å².